The second-order valence-corrected chi connectivity index (χ2v) is 8.83. The first kappa shape index (κ1) is 23.8. The van der Waals surface area contributed by atoms with Crippen molar-refractivity contribution in [3.8, 4) is 11.8 Å². The average Bonchev–Trinajstić information content (AvgIpc) is 2.86. The van der Waals surface area contributed by atoms with E-state index in [0.717, 1.165) is 48.9 Å². The molecule has 34 heavy (non-hydrogen) atoms. The molecule has 0 spiro atoms. The fraction of sp³-hybridized carbons (Fsp3) is 0.250. The van der Waals surface area contributed by atoms with E-state index in [1.165, 1.54) is 11.1 Å². The summed E-state index contributed by atoms with van der Waals surface area (Å²) in [5.74, 6) is 6.55. The Morgan fingerprint density at radius 2 is 1.56 bits per heavy atom. The molecule has 6 heteroatoms. The van der Waals surface area contributed by atoms with Crippen molar-refractivity contribution in [3.63, 3.8) is 0 Å². The fourth-order valence-corrected chi connectivity index (χ4v) is 4.35. The van der Waals surface area contributed by atoms with Crippen LogP contribution in [0.4, 0.5) is 4.79 Å². The number of urea groups is 1. The minimum atomic E-state index is -0.521. The van der Waals surface area contributed by atoms with E-state index >= 15 is 0 Å². The van der Waals surface area contributed by atoms with Crippen LogP contribution in [0, 0.1) is 11.8 Å². The molecule has 1 unspecified atom stereocenters. The molecular formula is C28H29ClN4O. The molecule has 3 aromatic rings. The summed E-state index contributed by atoms with van der Waals surface area (Å²) in [5.41, 5.74) is 9.63. The molecule has 174 valence electrons. The zero-order valence-corrected chi connectivity index (χ0v) is 19.8. The van der Waals surface area contributed by atoms with Gasteiger partial charge in [0, 0.05) is 43.3 Å². The molecule has 3 aromatic carbocycles. The molecule has 1 aliphatic heterocycles. The van der Waals surface area contributed by atoms with Crippen LogP contribution in [0.15, 0.2) is 78.9 Å². The lowest BCUT2D eigenvalue weighted by Crippen LogP contribution is -2.47. The Bertz CT molecular complexity index is 1130. The highest BCUT2D eigenvalue weighted by Gasteiger charge is 2.26. The molecule has 1 atom stereocenters. The SMILES string of the molecule is NC(=O)NCc1ccc(C#CCN2CCN(C(c3ccccc3)c3ccc(Cl)cc3)CC2)cc1. The highest BCUT2D eigenvalue weighted by atomic mass is 35.5. The highest BCUT2D eigenvalue weighted by molar-refractivity contribution is 6.30. The summed E-state index contributed by atoms with van der Waals surface area (Å²) in [7, 11) is 0. The second kappa shape index (κ2) is 11.7. The fourth-order valence-electron chi connectivity index (χ4n) is 4.22. The number of nitrogens with zero attached hydrogens (tertiary/aromatic N) is 2. The molecule has 0 radical (unpaired) electrons. The molecule has 1 saturated heterocycles. The number of halogens is 1. The molecule has 3 N–H and O–H groups in total. The molecular weight excluding hydrogens is 444 g/mol. The van der Waals surface area contributed by atoms with Crippen LogP contribution in [0.3, 0.4) is 0 Å². The van der Waals surface area contributed by atoms with Crippen LogP contribution in [0.1, 0.15) is 28.3 Å². The minimum Gasteiger partial charge on any atom is -0.352 e. The Morgan fingerprint density at radius 1 is 0.912 bits per heavy atom. The van der Waals surface area contributed by atoms with E-state index in [0.29, 0.717) is 6.54 Å². The molecule has 0 saturated carbocycles. The summed E-state index contributed by atoms with van der Waals surface area (Å²) >= 11 is 6.14. The number of amides is 2. The van der Waals surface area contributed by atoms with Gasteiger partial charge in [-0.05, 0) is 41.0 Å². The maximum atomic E-state index is 10.8. The highest BCUT2D eigenvalue weighted by Crippen LogP contribution is 2.30. The van der Waals surface area contributed by atoms with Gasteiger partial charge in [0.15, 0.2) is 0 Å². The van der Waals surface area contributed by atoms with E-state index in [2.05, 4.69) is 69.4 Å². The zero-order chi connectivity index (χ0) is 23.8. The first-order chi connectivity index (χ1) is 16.6. The number of benzene rings is 3. The molecule has 0 bridgehead atoms. The number of primary amides is 1. The number of carbonyl (C=O) groups excluding carboxylic acids is 1. The predicted octanol–water partition coefficient (Wildman–Crippen LogP) is 4.27. The van der Waals surface area contributed by atoms with Gasteiger partial charge in [0.05, 0.1) is 12.6 Å². The lowest BCUT2D eigenvalue weighted by molar-refractivity contribution is 0.119. The molecule has 2 amide bonds. The molecule has 5 nitrogen and oxygen atoms in total. The minimum absolute atomic E-state index is 0.217. The third-order valence-corrected chi connectivity index (χ3v) is 6.28. The van der Waals surface area contributed by atoms with E-state index in [1.807, 2.05) is 36.4 Å². The Hall–Kier alpha value is -3.30. The first-order valence-corrected chi connectivity index (χ1v) is 11.8. The smallest absolute Gasteiger partial charge is 0.312 e. The maximum absolute atomic E-state index is 10.8. The van der Waals surface area contributed by atoms with Gasteiger partial charge >= 0.3 is 6.03 Å². The van der Waals surface area contributed by atoms with Crippen molar-refractivity contribution in [2.75, 3.05) is 32.7 Å². The van der Waals surface area contributed by atoms with Gasteiger partial charge < -0.3 is 11.1 Å². The summed E-state index contributed by atoms with van der Waals surface area (Å²) in [5, 5.41) is 3.35. The quantitative estimate of drug-likeness (QED) is 0.527. The Morgan fingerprint density at radius 3 is 2.21 bits per heavy atom. The summed E-state index contributed by atoms with van der Waals surface area (Å²) in [6, 6.07) is 26.4. The number of rotatable bonds is 6. The summed E-state index contributed by atoms with van der Waals surface area (Å²) < 4.78 is 0. The number of piperazine rings is 1. The molecule has 1 heterocycles. The first-order valence-electron chi connectivity index (χ1n) is 11.5. The van der Waals surface area contributed by atoms with Gasteiger partial charge in [0.1, 0.15) is 0 Å². The third kappa shape index (κ3) is 6.61. The van der Waals surface area contributed by atoms with Gasteiger partial charge in [-0.1, -0.05) is 78.0 Å². The van der Waals surface area contributed by atoms with Gasteiger partial charge in [0.2, 0.25) is 0 Å². The number of hydrogen-bond acceptors (Lipinski definition) is 3. The number of nitrogens with two attached hydrogens (primary N) is 1. The Balaban J connectivity index is 1.34. The number of hydrogen-bond donors (Lipinski definition) is 2. The monoisotopic (exact) mass is 472 g/mol. The van der Waals surface area contributed by atoms with E-state index in [1.54, 1.807) is 0 Å². The maximum Gasteiger partial charge on any atom is 0.312 e. The van der Waals surface area contributed by atoms with Crippen LogP contribution < -0.4 is 11.1 Å². The molecule has 0 aromatic heterocycles. The van der Waals surface area contributed by atoms with Crippen LogP contribution in [-0.2, 0) is 6.54 Å². The standard InChI is InChI=1S/C28H29ClN4O/c29-26-14-12-25(13-15-26)27(24-6-2-1-3-7-24)33-19-17-32(18-20-33)16-4-5-22-8-10-23(11-9-22)21-31-28(30)34/h1-3,6-15,27H,16-21H2,(H3,30,31,34). The van der Waals surface area contributed by atoms with Gasteiger partial charge in [-0.3, -0.25) is 9.80 Å². The summed E-state index contributed by atoms with van der Waals surface area (Å²) in [6.45, 7) is 5.08. The van der Waals surface area contributed by atoms with Crippen LogP contribution in [0.5, 0.6) is 0 Å². The van der Waals surface area contributed by atoms with Crippen LogP contribution in [-0.4, -0.2) is 48.6 Å². The van der Waals surface area contributed by atoms with Crippen LogP contribution >= 0.6 is 11.6 Å². The van der Waals surface area contributed by atoms with Crippen molar-refractivity contribution < 1.29 is 4.79 Å². The summed E-state index contributed by atoms with van der Waals surface area (Å²) in [6.07, 6.45) is 0. The van der Waals surface area contributed by atoms with Crippen molar-refractivity contribution >= 4 is 17.6 Å². The van der Waals surface area contributed by atoms with E-state index in [-0.39, 0.29) is 6.04 Å². The van der Waals surface area contributed by atoms with Crippen LogP contribution in [0.2, 0.25) is 5.02 Å². The Labute approximate surface area is 206 Å². The van der Waals surface area contributed by atoms with Gasteiger partial charge in [-0.15, -0.1) is 0 Å². The average molecular weight is 473 g/mol. The van der Waals surface area contributed by atoms with Crippen molar-refractivity contribution in [3.05, 3.63) is 106 Å². The third-order valence-electron chi connectivity index (χ3n) is 6.03. The van der Waals surface area contributed by atoms with Crippen molar-refractivity contribution in [2.45, 2.75) is 12.6 Å². The number of nitrogens with one attached hydrogen (secondary N) is 1. The summed E-state index contributed by atoms with van der Waals surface area (Å²) in [4.78, 5) is 15.8. The Kier molecular flexibility index (Phi) is 8.21. The lowest BCUT2D eigenvalue weighted by Gasteiger charge is -2.39. The topological polar surface area (TPSA) is 61.6 Å². The zero-order valence-electron chi connectivity index (χ0n) is 19.1. The van der Waals surface area contributed by atoms with Crippen LogP contribution in [0.25, 0.3) is 0 Å². The van der Waals surface area contributed by atoms with Gasteiger partial charge in [0.25, 0.3) is 0 Å². The molecule has 1 fully saturated rings. The van der Waals surface area contributed by atoms with E-state index in [9.17, 15) is 4.79 Å². The predicted molar refractivity (Wildman–Crippen MR) is 137 cm³/mol. The normalized spacial score (nSPS) is 15.2. The largest absolute Gasteiger partial charge is 0.352 e. The number of carbonyl (C=O) groups is 1. The molecule has 4 rings (SSSR count). The van der Waals surface area contributed by atoms with E-state index < -0.39 is 6.03 Å². The van der Waals surface area contributed by atoms with Gasteiger partial charge in [-0.2, -0.15) is 0 Å². The van der Waals surface area contributed by atoms with Crippen molar-refractivity contribution in [1.82, 2.24) is 15.1 Å². The molecule has 0 aliphatic carbocycles. The van der Waals surface area contributed by atoms with Gasteiger partial charge in [-0.25, -0.2) is 4.79 Å². The van der Waals surface area contributed by atoms with E-state index in [4.69, 9.17) is 17.3 Å². The molecule has 1 aliphatic rings. The van der Waals surface area contributed by atoms with Crippen molar-refractivity contribution in [2.24, 2.45) is 5.73 Å². The van der Waals surface area contributed by atoms with Crippen molar-refractivity contribution in [1.29, 1.82) is 0 Å². The lowest BCUT2D eigenvalue weighted by atomic mass is 9.96. The second-order valence-electron chi connectivity index (χ2n) is 8.39.